The number of hydrogen-bond acceptors (Lipinski definition) is 6. The molecule has 0 unspecified atom stereocenters. The van der Waals surface area contributed by atoms with Crippen LogP contribution in [0.5, 0.6) is 0 Å². The first kappa shape index (κ1) is 19.1. The highest BCUT2D eigenvalue weighted by Crippen LogP contribution is 2.36. The maximum atomic E-state index is 12.8. The number of sulfonamides is 1. The van der Waals surface area contributed by atoms with Gasteiger partial charge in [-0.3, -0.25) is 9.52 Å². The Hall–Kier alpha value is -2.65. The SMILES string of the molecule is CC(=O)Nc1ccc(NS(=O)(=O)c2cc(-c3onc(C)c3C)sc2C)cc1. The highest BCUT2D eigenvalue weighted by molar-refractivity contribution is 7.93. The molecule has 2 heterocycles. The lowest BCUT2D eigenvalue weighted by atomic mass is 10.2. The molecule has 0 atom stereocenters. The first-order valence-corrected chi connectivity index (χ1v) is 10.4. The molecule has 27 heavy (non-hydrogen) atoms. The van der Waals surface area contributed by atoms with Crippen molar-refractivity contribution in [1.29, 1.82) is 0 Å². The zero-order valence-electron chi connectivity index (χ0n) is 15.3. The number of benzene rings is 1. The van der Waals surface area contributed by atoms with E-state index in [0.29, 0.717) is 26.9 Å². The van der Waals surface area contributed by atoms with Crippen molar-refractivity contribution in [2.45, 2.75) is 32.6 Å². The molecule has 0 aliphatic carbocycles. The molecule has 0 bridgehead atoms. The zero-order chi connectivity index (χ0) is 19.8. The molecule has 9 heteroatoms. The summed E-state index contributed by atoms with van der Waals surface area (Å²) in [5.74, 6) is 0.393. The molecule has 0 saturated carbocycles. The van der Waals surface area contributed by atoms with E-state index >= 15 is 0 Å². The monoisotopic (exact) mass is 405 g/mol. The summed E-state index contributed by atoms with van der Waals surface area (Å²) in [4.78, 5) is 12.6. The third kappa shape index (κ3) is 4.04. The first-order valence-electron chi connectivity index (χ1n) is 8.11. The topological polar surface area (TPSA) is 101 Å². The Labute approximate surface area is 161 Å². The van der Waals surface area contributed by atoms with E-state index in [1.165, 1.54) is 18.3 Å². The van der Waals surface area contributed by atoms with Gasteiger partial charge in [-0.15, -0.1) is 11.3 Å². The number of thiophene rings is 1. The Morgan fingerprint density at radius 2 is 1.74 bits per heavy atom. The Bertz CT molecular complexity index is 1100. The van der Waals surface area contributed by atoms with E-state index in [1.54, 1.807) is 37.3 Å². The number of nitrogens with zero attached hydrogens (tertiary/aromatic N) is 1. The molecule has 2 aromatic heterocycles. The number of amides is 1. The lowest BCUT2D eigenvalue weighted by Crippen LogP contribution is -2.13. The van der Waals surface area contributed by atoms with Crippen LogP contribution < -0.4 is 10.0 Å². The molecule has 3 rings (SSSR count). The summed E-state index contributed by atoms with van der Waals surface area (Å²) < 4.78 is 33.5. The molecule has 1 amide bonds. The largest absolute Gasteiger partial charge is 0.355 e. The number of aromatic nitrogens is 1. The molecular formula is C18H19N3O4S2. The van der Waals surface area contributed by atoms with Gasteiger partial charge < -0.3 is 9.84 Å². The third-order valence-corrected chi connectivity index (χ3v) is 6.69. The Kier molecular flexibility index (Phi) is 5.07. The fraction of sp³-hybridized carbons (Fsp3) is 0.222. The van der Waals surface area contributed by atoms with Crippen LogP contribution in [-0.4, -0.2) is 19.5 Å². The number of anilines is 2. The highest BCUT2D eigenvalue weighted by Gasteiger charge is 2.23. The van der Waals surface area contributed by atoms with Gasteiger partial charge in [0.15, 0.2) is 5.76 Å². The van der Waals surface area contributed by atoms with Gasteiger partial charge in [-0.25, -0.2) is 8.42 Å². The molecule has 0 radical (unpaired) electrons. The number of carbonyl (C=O) groups is 1. The predicted octanol–water partition coefficient (Wildman–Crippen LogP) is 4.09. The maximum absolute atomic E-state index is 12.8. The number of hydrogen-bond donors (Lipinski definition) is 2. The molecular weight excluding hydrogens is 386 g/mol. The van der Waals surface area contributed by atoms with Crippen molar-refractivity contribution in [3.8, 4) is 10.6 Å². The molecule has 1 aromatic carbocycles. The summed E-state index contributed by atoms with van der Waals surface area (Å²) in [5.41, 5.74) is 2.66. The summed E-state index contributed by atoms with van der Waals surface area (Å²) in [5, 5.41) is 6.56. The van der Waals surface area contributed by atoms with Gasteiger partial charge in [0.05, 0.1) is 10.6 Å². The number of aryl methyl sites for hydroxylation is 2. The van der Waals surface area contributed by atoms with Crippen molar-refractivity contribution < 1.29 is 17.7 Å². The summed E-state index contributed by atoms with van der Waals surface area (Å²) in [6, 6.07) is 8.05. The van der Waals surface area contributed by atoms with Crippen LogP contribution in [0.15, 0.2) is 39.8 Å². The molecule has 0 aliphatic heterocycles. The number of carbonyl (C=O) groups excluding carboxylic acids is 1. The minimum absolute atomic E-state index is 0.192. The Balaban J connectivity index is 1.87. The molecule has 0 fully saturated rings. The van der Waals surface area contributed by atoms with Gasteiger partial charge in [0.2, 0.25) is 5.91 Å². The Morgan fingerprint density at radius 1 is 1.11 bits per heavy atom. The minimum Gasteiger partial charge on any atom is -0.355 e. The van der Waals surface area contributed by atoms with Crippen molar-refractivity contribution in [3.63, 3.8) is 0 Å². The molecule has 0 saturated heterocycles. The second-order valence-electron chi connectivity index (χ2n) is 6.12. The molecule has 0 spiro atoms. The molecule has 3 aromatic rings. The highest BCUT2D eigenvalue weighted by atomic mass is 32.2. The zero-order valence-corrected chi connectivity index (χ0v) is 16.9. The van der Waals surface area contributed by atoms with Gasteiger partial charge in [0.25, 0.3) is 10.0 Å². The minimum atomic E-state index is -3.76. The molecule has 7 nitrogen and oxygen atoms in total. The summed E-state index contributed by atoms with van der Waals surface area (Å²) in [6.07, 6.45) is 0. The smallest absolute Gasteiger partial charge is 0.263 e. The molecule has 142 valence electrons. The van der Waals surface area contributed by atoms with E-state index in [-0.39, 0.29) is 10.8 Å². The fourth-order valence-electron chi connectivity index (χ4n) is 2.52. The second-order valence-corrected chi connectivity index (χ2v) is 9.02. The third-order valence-electron chi connectivity index (χ3n) is 4.00. The van der Waals surface area contributed by atoms with Crippen LogP contribution in [0.2, 0.25) is 0 Å². The van der Waals surface area contributed by atoms with Crippen LogP contribution in [0.4, 0.5) is 11.4 Å². The van der Waals surface area contributed by atoms with Crippen molar-refractivity contribution in [3.05, 3.63) is 46.5 Å². The summed E-state index contributed by atoms with van der Waals surface area (Å²) in [6.45, 7) is 6.89. The van der Waals surface area contributed by atoms with E-state index in [0.717, 1.165) is 11.3 Å². The summed E-state index contributed by atoms with van der Waals surface area (Å²) in [7, 11) is -3.76. The van der Waals surface area contributed by atoms with Gasteiger partial charge in [0, 0.05) is 28.7 Å². The van der Waals surface area contributed by atoms with Crippen LogP contribution >= 0.6 is 11.3 Å². The standard InChI is InChI=1S/C18H19N3O4S2/c1-10-11(2)20-25-18(10)16-9-17(12(3)26-16)27(23,24)21-15-7-5-14(6-8-15)19-13(4)22/h5-9,21H,1-4H3,(H,19,22). The van der Waals surface area contributed by atoms with Crippen molar-refractivity contribution in [1.82, 2.24) is 5.16 Å². The molecule has 0 aliphatic rings. The maximum Gasteiger partial charge on any atom is 0.263 e. The van der Waals surface area contributed by atoms with E-state index in [9.17, 15) is 13.2 Å². The van der Waals surface area contributed by atoms with Crippen LogP contribution in [0.3, 0.4) is 0 Å². The van der Waals surface area contributed by atoms with Gasteiger partial charge in [-0.05, 0) is 51.1 Å². The van der Waals surface area contributed by atoms with Gasteiger partial charge >= 0.3 is 0 Å². The van der Waals surface area contributed by atoms with E-state index < -0.39 is 10.0 Å². The lowest BCUT2D eigenvalue weighted by Gasteiger charge is -2.08. The van der Waals surface area contributed by atoms with E-state index in [2.05, 4.69) is 15.2 Å². The van der Waals surface area contributed by atoms with Gasteiger partial charge in [-0.1, -0.05) is 5.16 Å². The predicted molar refractivity (Wildman–Crippen MR) is 106 cm³/mol. The summed E-state index contributed by atoms with van der Waals surface area (Å²) >= 11 is 1.34. The normalized spacial score (nSPS) is 11.4. The number of rotatable bonds is 5. The van der Waals surface area contributed by atoms with Crippen LogP contribution in [0.25, 0.3) is 10.6 Å². The van der Waals surface area contributed by atoms with Crippen molar-refractivity contribution >= 4 is 38.6 Å². The van der Waals surface area contributed by atoms with Crippen LogP contribution in [0.1, 0.15) is 23.1 Å². The fourth-order valence-corrected chi connectivity index (χ4v) is 5.21. The quantitative estimate of drug-likeness (QED) is 0.666. The van der Waals surface area contributed by atoms with E-state index in [4.69, 9.17) is 4.52 Å². The molecule has 2 N–H and O–H groups in total. The van der Waals surface area contributed by atoms with Gasteiger partial charge in [-0.2, -0.15) is 0 Å². The second kappa shape index (κ2) is 7.16. The van der Waals surface area contributed by atoms with Crippen LogP contribution in [0, 0.1) is 20.8 Å². The van der Waals surface area contributed by atoms with Crippen molar-refractivity contribution in [2.75, 3.05) is 10.0 Å². The van der Waals surface area contributed by atoms with Crippen LogP contribution in [-0.2, 0) is 14.8 Å². The Morgan fingerprint density at radius 3 is 2.30 bits per heavy atom. The van der Waals surface area contributed by atoms with Gasteiger partial charge in [0.1, 0.15) is 4.90 Å². The van der Waals surface area contributed by atoms with Crippen molar-refractivity contribution in [2.24, 2.45) is 0 Å². The number of nitrogens with one attached hydrogen (secondary N) is 2. The van der Waals surface area contributed by atoms with E-state index in [1.807, 2.05) is 13.8 Å². The lowest BCUT2D eigenvalue weighted by molar-refractivity contribution is -0.114. The first-order chi connectivity index (χ1) is 12.7. The average Bonchev–Trinajstić information content (AvgIpc) is 3.12. The average molecular weight is 406 g/mol.